The largest absolute Gasteiger partial charge is 0.329 e. The molecule has 0 unspecified atom stereocenters. The van der Waals surface area contributed by atoms with Crippen LogP contribution < -0.4 is 5.73 Å². The fraction of sp³-hybridized carbons (Fsp3) is 0.800. The molecule has 1 heterocycles. The summed E-state index contributed by atoms with van der Waals surface area (Å²) < 4.78 is 25.0. The Labute approximate surface area is 97.9 Å². The number of nitrogens with two attached hydrogens (primary N) is 1. The third-order valence-electron chi connectivity index (χ3n) is 2.59. The quantitative estimate of drug-likeness (QED) is 0.663. The zero-order chi connectivity index (χ0) is 12.2. The average molecular weight is 247 g/mol. The molecule has 1 fully saturated rings. The van der Waals surface area contributed by atoms with Crippen LogP contribution in [-0.2, 0) is 10.0 Å². The van der Waals surface area contributed by atoms with E-state index in [2.05, 4.69) is 11.5 Å². The standard InChI is InChI=1S/C10H21N3O2S/c1-10(2)9-12-4-6-13(7-5-12)16(14,15)8-3-11/h1,3-9,11H2,2H3. The second-order valence-corrected chi connectivity index (χ2v) is 6.33. The summed E-state index contributed by atoms with van der Waals surface area (Å²) in [5.74, 6) is 0.0491. The predicted octanol–water partition coefficient (Wildman–Crippen LogP) is -0.531. The zero-order valence-corrected chi connectivity index (χ0v) is 10.7. The van der Waals surface area contributed by atoms with Crippen molar-refractivity contribution in [2.75, 3.05) is 45.0 Å². The fourth-order valence-electron chi connectivity index (χ4n) is 1.83. The molecule has 2 N–H and O–H groups in total. The Kier molecular flexibility index (Phi) is 4.91. The van der Waals surface area contributed by atoms with Crippen molar-refractivity contribution in [2.24, 2.45) is 5.73 Å². The molecule has 5 nitrogen and oxygen atoms in total. The molecule has 0 spiro atoms. The van der Waals surface area contributed by atoms with Gasteiger partial charge in [-0.05, 0) is 6.92 Å². The lowest BCUT2D eigenvalue weighted by molar-refractivity contribution is 0.201. The normalized spacial score (nSPS) is 19.9. The first-order valence-corrected chi connectivity index (χ1v) is 7.11. The van der Waals surface area contributed by atoms with Crippen LogP contribution in [0.3, 0.4) is 0 Å². The lowest BCUT2D eigenvalue weighted by Crippen LogP contribution is -2.49. The molecular weight excluding hydrogens is 226 g/mol. The Morgan fingerprint density at radius 3 is 2.31 bits per heavy atom. The monoisotopic (exact) mass is 247 g/mol. The van der Waals surface area contributed by atoms with Crippen LogP contribution >= 0.6 is 0 Å². The third-order valence-corrected chi connectivity index (χ3v) is 4.50. The maximum absolute atomic E-state index is 11.7. The van der Waals surface area contributed by atoms with Gasteiger partial charge >= 0.3 is 0 Å². The van der Waals surface area contributed by atoms with Gasteiger partial charge in [0.15, 0.2) is 0 Å². The van der Waals surface area contributed by atoms with Crippen molar-refractivity contribution in [3.05, 3.63) is 12.2 Å². The molecule has 94 valence electrons. The lowest BCUT2D eigenvalue weighted by Gasteiger charge is -2.33. The van der Waals surface area contributed by atoms with E-state index in [4.69, 9.17) is 5.73 Å². The summed E-state index contributed by atoms with van der Waals surface area (Å²) in [6.45, 7) is 9.56. The van der Waals surface area contributed by atoms with Crippen LogP contribution in [0, 0.1) is 0 Å². The number of piperazine rings is 1. The molecule has 16 heavy (non-hydrogen) atoms. The van der Waals surface area contributed by atoms with E-state index in [0.717, 1.165) is 25.2 Å². The second kappa shape index (κ2) is 5.77. The van der Waals surface area contributed by atoms with Crippen LogP contribution in [-0.4, -0.2) is 62.6 Å². The smallest absolute Gasteiger partial charge is 0.215 e. The van der Waals surface area contributed by atoms with E-state index in [-0.39, 0.29) is 12.3 Å². The highest BCUT2D eigenvalue weighted by Gasteiger charge is 2.25. The maximum Gasteiger partial charge on any atom is 0.215 e. The van der Waals surface area contributed by atoms with E-state index in [1.54, 1.807) is 0 Å². The van der Waals surface area contributed by atoms with Crippen molar-refractivity contribution in [1.29, 1.82) is 0 Å². The van der Waals surface area contributed by atoms with Gasteiger partial charge in [-0.2, -0.15) is 4.31 Å². The Hall–Kier alpha value is -0.430. The van der Waals surface area contributed by atoms with Gasteiger partial charge in [0.2, 0.25) is 10.0 Å². The van der Waals surface area contributed by atoms with E-state index in [1.807, 2.05) is 6.92 Å². The summed E-state index contributed by atoms with van der Waals surface area (Å²) >= 11 is 0. The van der Waals surface area contributed by atoms with Gasteiger partial charge in [0.05, 0.1) is 5.75 Å². The Morgan fingerprint density at radius 1 is 1.31 bits per heavy atom. The molecule has 0 aromatic heterocycles. The minimum Gasteiger partial charge on any atom is -0.329 e. The van der Waals surface area contributed by atoms with Crippen LogP contribution in [0.25, 0.3) is 0 Å². The highest BCUT2D eigenvalue weighted by Crippen LogP contribution is 2.08. The van der Waals surface area contributed by atoms with Crippen LogP contribution in [0.5, 0.6) is 0 Å². The maximum atomic E-state index is 11.7. The summed E-state index contributed by atoms with van der Waals surface area (Å²) in [6, 6.07) is 0. The minimum absolute atomic E-state index is 0.0491. The minimum atomic E-state index is -3.13. The average Bonchev–Trinajstić information content (AvgIpc) is 2.17. The highest BCUT2D eigenvalue weighted by molar-refractivity contribution is 7.89. The molecule has 0 saturated carbocycles. The first-order chi connectivity index (χ1) is 7.45. The van der Waals surface area contributed by atoms with Gasteiger partial charge in [0.25, 0.3) is 0 Å². The van der Waals surface area contributed by atoms with Crippen molar-refractivity contribution in [3.8, 4) is 0 Å². The van der Waals surface area contributed by atoms with Crippen LogP contribution in [0.15, 0.2) is 12.2 Å². The van der Waals surface area contributed by atoms with E-state index in [9.17, 15) is 8.42 Å². The molecule has 0 amide bonds. The van der Waals surface area contributed by atoms with Gasteiger partial charge in [0.1, 0.15) is 0 Å². The van der Waals surface area contributed by atoms with Gasteiger partial charge in [0, 0.05) is 39.3 Å². The molecule has 1 aliphatic heterocycles. The zero-order valence-electron chi connectivity index (χ0n) is 9.85. The lowest BCUT2D eigenvalue weighted by atomic mass is 10.3. The number of sulfonamides is 1. The summed E-state index contributed by atoms with van der Waals surface area (Å²) in [4.78, 5) is 2.22. The first-order valence-electron chi connectivity index (χ1n) is 5.50. The van der Waals surface area contributed by atoms with E-state index in [1.165, 1.54) is 4.31 Å². The molecule has 0 aromatic carbocycles. The van der Waals surface area contributed by atoms with Crippen LogP contribution in [0.2, 0.25) is 0 Å². The van der Waals surface area contributed by atoms with Gasteiger partial charge in [-0.25, -0.2) is 8.42 Å². The van der Waals surface area contributed by atoms with E-state index >= 15 is 0 Å². The number of hydrogen-bond acceptors (Lipinski definition) is 4. The number of hydrogen-bond donors (Lipinski definition) is 1. The molecule has 1 aliphatic rings. The Bertz CT molecular complexity index is 332. The summed E-state index contributed by atoms with van der Waals surface area (Å²) in [7, 11) is -3.13. The molecule has 0 bridgehead atoms. The van der Waals surface area contributed by atoms with Crippen molar-refractivity contribution in [3.63, 3.8) is 0 Å². The SMILES string of the molecule is C=C(C)CN1CCN(S(=O)(=O)CCN)CC1. The summed E-state index contributed by atoms with van der Waals surface area (Å²) in [5, 5.41) is 0. The molecular formula is C10H21N3O2S. The summed E-state index contributed by atoms with van der Waals surface area (Å²) in [5.41, 5.74) is 6.40. The van der Waals surface area contributed by atoms with Gasteiger partial charge < -0.3 is 5.73 Å². The second-order valence-electron chi connectivity index (χ2n) is 4.24. The fourth-order valence-corrected chi connectivity index (χ4v) is 3.10. The Balaban J connectivity index is 2.46. The highest BCUT2D eigenvalue weighted by atomic mass is 32.2. The predicted molar refractivity (Wildman–Crippen MR) is 65.7 cm³/mol. The molecule has 1 rings (SSSR count). The molecule has 1 saturated heterocycles. The summed E-state index contributed by atoms with van der Waals surface area (Å²) in [6.07, 6.45) is 0. The Morgan fingerprint density at radius 2 is 1.88 bits per heavy atom. The van der Waals surface area contributed by atoms with Crippen molar-refractivity contribution >= 4 is 10.0 Å². The molecule has 0 aromatic rings. The number of nitrogens with zero attached hydrogens (tertiary/aromatic N) is 2. The topological polar surface area (TPSA) is 66.6 Å². The van der Waals surface area contributed by atoms with Gasteiger partial charge in [-0.15, -0.1) is 0 Å². The van der Waals surface area contributed by atoms with E-state index in [0.29, 0.717) is 13.1 Å². The first kappa shape index (κ1) is 13.6. The van der Waals surface area contributed by atoms with Crippen molar-refractivity contribution in [2.45, 2.75) is 6.92 Å². The van der Waals surface area contributed by atoms with Gasteiger partial charge in [-0.3, -0.25) is 4.90 Å². The molecule has 6 heteroatoms. The van der Waals surface area contributed by atoms with Gasteiger partial charge in [-0.1, -0.05) is 12.2 Å². The van der Waals surface area contributed by atoms with Crippen LogP contribution in [0.1, 0.15) is 6.92 Å². The molecule has 0 atom stereocenters. The van der Waals surface area contributed by atoms with Crippen LogP contribution in [0.4, 0.5) is 0 Å². The van der Waals surface area contributed by atoms with E-state index < -0.39 is 10.0 Å². The molecule has 0 aliphatic carbocycles. The van der Waals surface area contributed by atoms with Crippen molar-refractivity contribution < 1.29 is 8.42 Å². The number of rotatable bonds is 5. The third kappa shape index (κ3) is 3.86. The molecule has 0 radical (unpaired) electrons. The van der Waals surface area contributed by atoms with Crippen molar-refractivity contribution in [1.82, 2.24) is 9.21 Å².